The number of carbonyl (C=O) groups excluding carboxylic acids is 2. The Morgan fingerprint density at radius 1 is 0.298 bits per heavy atom. The number of unbranched alkanes of at least 4 members (excludes halogenated alkanes) is 48. The summed E-state index contributed by atoms with van der Waals surface area (Å²) in [6.07, 6.45) is 121. The Hall–Kier alpha value is -3.59. The number of hydrogen-bond donors (Lipinski definition) is 0. The molecule has 602 valence electrons. The summed E-state index contributed by atoms with van der Waals surface area (Å²) in [4.78, 5) is 38.3. The second kappa shape index (κ2) is 83.4. The third kappa shape index (κ3) is 87.3. The van der Waals surface area contributed by atoms with E-state index in [-0.39, 0.29) is 32.0 Å². The lowest BCUT2D eigenvalue weighted by Crippen LogP contribution is -2.37. The number of ether oxygens (including phenoxy) is 2. The number of esters is 2. The van der Waals surface area contributed by atoms with Gasteiger partial charge in [-0.25, -0.2) is 0 Å². The van der Waals surface area contributed by atoms with Crippen LogP contribution in [0.5, 0.6) is 0 Å². The van der Waals surface area contributed by atoms with Gasteiger partial charge in [0.2, 0.25) is 0 Å². The zero-order valence-electron chi connectivity index (χ0n) is 69.0. The highest BCUT2D eigenvalue weighted by Crippen LogP contribution is 2.38. The van der Waals surface area contributed by atoms with Crippen LogP contribution in [-0.4, -0.2) is 70.0 Å². The van der Waals surface area contributed by atoms with Crippen LogP contribution in [0.1, 0.15) is 412 Å². The molecule has 9 nitrogen and oxygen atoms in total. The van der Waals surface area contributed by atoms with Crippen molar-refractivity contribution in [1.82, 2.24) is 0 Å². The lowest BCUT2D eigenvalue weighted by molar-refractivity contribution is -0.870. The monoisotopic (exact) mass is 1470 g/mol. The van der Waals surface area contributed by atoms with Crippen LogP contribution >= 0.6 is 7.82 Å². The standard InChI is InChI=1S/C94H168NO8P/c1-6-8-10-12-14-16-18-20-22-24-26-28-30-32-34-36-38-40-42-44-46-47-49-51-53-55-57-59-61-63-65-67-69-71-73-75-77-79-81-83-85-87-94(97)103-92(91-102-104(98,99)101-89-88-95(3,4)5)90-100-93(96)86-84-82-80-78-76-74-72-70-68-66-64-62-60-58-56-54-52-50-48-45-43-41-39-37-35-33-31-29-27-25-23-21-19-17-15-13-11-9-7-2/h8-11,14-17,20-23,26-29,32,34,38,40,92H,6-7,12-13,18-19,24-25,30-31,33,35-37,39,41-91H2,1-5H3/b10-8-,11-9-,16-14-,17-15-,22-20-,23-21-,28-26-,29-27-,34-32-,40-38-. The molecular formula is C94H168NO8P. The number of phosphoric acid groups is 1. The first-order valence-corrected chi connectivity index (χ1v) is 45.7. The zero-order chi connectivity index (χ0) is 75.4. The Balaban J connectivity index is 3.87. The van der Waals surface area contributed by atoms with Gasteiger partial charge in [0, 0.05) is 12.8 Å². The molecule has 0 saturated heterocycles. The molecule has 0 aliphatic carbocycles. The third-order valence-electron chi connectivity index (χ3n) is 19.5. The highest BCUT2D eigenvalue weighted by Gasteiger charge is 2.22. The first-order valence-electron chi connectivity index (χ1n) is 44.2. The van der Waals surface area contributed by atoms with E-state index in [9.17, 15) is 19.0 Å². The Labute approximate surface area is 645 Å². The van der Waals surface area contributed by atoms with Crippen LogP contribution in [0.2, 0.25) is 0 Å². The Kier molecular flexibility index (Phi) is 80.6. The average molecular weight is 1470 g/mol. The fourth-order valence-electron chi connectivity index (χ4n) is 12.8. The van der Waals surface area contributed by atoms with Crippen molar-refractivity contribution in [1.29, 1.82) is 0 Å². The van der Waals surface area contributed by atoms with E-state index in [2.05, 4.69) is 135 Å². The predicted molar refractivity (Wildman–Crippen MR) is 452 cm³/mol. The van der Waals surface area contributed by atoms with E-state index in [1.165, 1.54) is 276 Å². The molecule has 0 amide bonds. The molecule has 2 unspecified atom stereocenters. The molecule has 0 aliphatic heterocycles. The largest absolute Gasteiger partial charge is 0.756 e. The molecule has 0 fully saturated rings. The Morgan fingerprint density at radius 2 is 0.519 bits per heavy atom. The van der Waals surface area contributed by atoms with E-state index in [1.54, 1.807) is 0 Å². The van der Waals surface area contributed by atoms with Crippen LogP contribution in [0.3, 0.4) is 0 Å². The highest BCUT2D eigenvalue weighted by atomic mass is 31.2. The van der Waals surface area contributed by atoms with Crippen LogP contribution in [0, 0.1) is 0 Å². The number of quaternary nitrogens is 1. The van der Waals surface area contributed by atoms with E-state index in [1.807, 2.05) is 21.1 Å². The van der Waals surface area contributed by atoms with E-state index >= 15 is 0 Å². The van der Waals surface area contributed by atoms with E-state index in [4.69, 9.17) is 18.5 Å². The van der Waals surface area contributed by atoms with Crippen molar-refractivity contribution >= 4 is 19.8 Å². The molecule has 0 N–H and O–H groups in total. The van der Waals surface area contributed by atoms with Crippen LogP contribution in [-0.2, 0) is 32.7 Å². The minimum Gasteiger partial charge on any atom is -0.756 e. The van der Waals surface area contributed by atoms with Gasteiger partial charge in [-0.05, 0) is 103 Å². The van der Waals surface area contributed by atoms with Crippen molar-refractivity contribution in [3.8, 4) is 0 Å². The average Bonchev–Trinajstić information content (AvgIpc) is 0.920. The van der Waals surface area contributed by atoms with E-state index in [0.29, 0.717) is 17.4 Å². The third-order valence-corrected chi connectivity index (χ3v) is 20.4. The number of phosphoric ester groups is 1. The maximum absolute atomic E-state index is 12.9. The molecule has 0 heterocycles. The lowest BCUT2D eigenvalue weighted by atomic mass is 10.0. The minimum atomic E-state index is -4.65. The summed E-state index contributed by atoms with van der Waals surface area (Å²) < 4.78 is 34.5. The molecule has 0 spiro atoms. The van der Waals surface area contributed by atoms with Gasteiger partial charge in [0.05, 0.1) is 27.7 Å². The number of rotatable bonds is 82. The molecular weight excluding hydrogens is 1300 g/mol. The summed E-state index contributed by atoms with van der Waals surface area (Å²) in [7, 11) is 1.18. The number of nitrogens with zero attached hydrogens (tertiary/aromatic N) is 1. The van der Waals surface area contributed by atoms with Crippen molar-refractivity contribution in [3.05, 3.63) is 122 Å². The van der Waals surface area contributed by atoms with E-state index < -0.39 is 26.5 Å². The smallest absolute Gasteiger partial charge is 0.306 e. The first kappa shape index (κ1) is 100. The number of likely N-dealkylation sites (N-methyl/N-ethyl adjacent to an activating group) is 1. The molecule has 0 aromatic carbocycles. The van der Waals surface area contributed by atoms with Crippen molar-refractivity contribution < 1.29 is 42.1 Å². The van der Waals surface area contributed by atoms with E-state index in [0.717, 1.165) is 103 Å². The minimum absolute atomic E-state index is 0.0304. The highest BCUT2D eigenvalue weighted by molar-refractivity contribution is 7.45. The second-order valence-corrected chi connectivity index (χ2v) is 32.3. The fourth-order valence-corrected chi connectivity index (χ4v) is 13.6. The van der Waals surface area contributed by atoms with Gasteiger partial charge in [0.1, 0.15) is 19.8 Å². The van der Waals surface area contributed by atoms with Crippen molar-refractivity contribution in [2.24, 2.45) is 0 Å². The lowest BCUT2D eigenvalue weighted by Gasteiger charge is -2.28. The summed E-state index contributed by atoms with van der Waals surface area (Å²) >= 11 is 0. The zero-order valence-corrected chi connectivity index (χ0v) is 69.8. The van der Waals surface area contributed by atoms with Crippen molar-refractivity contribution in [3.63, 3.8) is 0 Å². The van der Waals surface area contributed by atoms with Gasteiger partial charge in [-0.2, -0.15) is 0 Å². The van der Waals surface area contributed by atoms with Crippen LogP contribution in [0.15, 0.2) is 122 Å². The fraction of sp³-hybridized carbons (Fsp3) is 0.766. The normalized spacial score (nSPS) is 13.6. The molecule has 0 saturated carbocycles. The van der Waals surface area contributed by atoms with Gasteiger partial charge < -0.3 is 27.9 Å². The SMILES string of the molecule is CC/C=C\C/C=C\C/C=C\C/C=C\C/C=C\C/C=C\CCCCCCCCCCCCCCCCCCCCCCCCC(=O)OC(COC(=O)CCCCCCCCCCCCCCCCCCCCCCCCCCCC/C=C\C/C=C\C/C=C\C/C=C\CC)COP(=O)([O-])OCC[N+](C)(C)C. The van der Waals surface area contributed by atoms with Gasteiger partial charge in [-0.1, -0.05) is 418 Å². The molecule has 2 atom stereocenters. The Morgan fingerprint density at radius 3 is 0.769 bits per heavy atom. The first-order chi connectivity index (χ1) is 51.0. The molecule has 0 aliphatic rings. The van der Waals surface area contributed by atoms with Crippen LogP contribution in [0.25, 0.3) is 0 Å². The summed E-state index contributed by atoms with van der Waals surface area (Å²) in [6, 6.07) is 0. The summed E-state index contributed by atoms with van der Waals surface area (Å²) in [6.45, 7) is 4.07. The van der Waals surface area contributed by atoms with Crippen molar-refractivity contribution in [2.45, 2.75) is 418 Å². The molecule has 0 aromatic heterocycles. The number of carbonyl (C=O) groups is 2. The van der Waals surface area contributed by atoms with Gasteiger partial charge >= 0.3 is 11.9 Å². The molecule has 104 heavy (non-hydrogen) atoms. The van der Waals surface area contributed by atoms with Crippen molar-refractivity contribution in [2.75, 3.05) is 47.5 Å². The quantitative estimate of drug-likeness (QED) is 0.0195. The molecule has 0 rings (SSSR count). The van der Waals surface area contributed by atoms with Gasteiger partial charge in [0.25, 0.3) is 7.82 Å². The van der Waals surface area contributed by atoms with Crippen LogP contribution < -0.4 is 4.89 Å². The Bertz CT molecular complexity index is 2180. The maximum Gasteiger partial charge on any atom is 0.306 e. The molecule has 0 aromatic rings. The number of hydrogen-bond acceptors (Lipinski definition) is 8. The topological polar surface area (TPSA) is 111 Å². The summed E-state index contributed by atoms with van der Waals surface area (Å²) in [5.74, 6) is -0.812. The second-order valence-electron chi connectivity index (χ2n) is 30.8. The molecule has 0 radical (unpaired) electrons. The summed E-state index contributed by atoms with van der Waals surface area (Å²) in [5.41, 5.74) is 0. The van der Waals surface area contributed by atoms with Crippen LogP contribution in [0.4, 0.5) is 0 Å². The summed E-state index contributed by atoms with van der Waals surface area (Å²) in [5, 5.41) is 0. The van der Waals surface area contributed by atoms with Gasteiger partial charge in [0.15, 0.2) is 6.10 Å². The predicted octanol–water partition coefficient (Wildman–Crippen LogP) is 29.4. The maximum atomic E-state index is 12.9. The molecule has 10 heteroatoms. The van der Waals surface area contributed by atoms with Gasteiger partial charge in [-0.15, -0.1) is 0 Å². The van der Waals surface area contributed by atoms with Gasteiger partial charge in [-0.3, -0.25) is 14.2 Å². The number of allylic oxidation sites excluding steroid dienone is 20. The molecule has 0 bridgehead atoms.